The fourth-order valence-electron chi connectivity index (χ4n) is 3.84. The zero-order valence-electron chi connectivity index (χ0n) is 16.8. The number of pyridine rings is 1. The SMILES string of the molecule is CC(C)(O)CCC1NC(=O)N(C2CCC(Oc3ncccc3C(N)=O)CC2)C1=O. The Morgan fingerprint density at radius 3 is 2.66 bits per heavy atom. The predicted molar refractivity (Wildman–Crippen MR) is 104 cm³/mol. The van der Waals surface area contributed by atoms with E-state index in [9.17, 15) is 19.5 Å². The third-order valence-corrected chi connectivity index (χ3v) is 5.42. The molecule has 1 saturated heterocycles. The summed E-state index contributed by atoms with van der Waals surface area (Å²) in [6.07, 6.45) is 4.68. The summed E-state index contributed by atoms with van der Waals surface area (Å²) in [6.45, 7) is 3.36. The van der Waals surface area contributed by atoms with E-state index in [1.165, 1.54) is 11.1 Å². The molecule has 0 aromatic carbocycles. The van der Waals surface area contributed by atoms with E-state index in [0.717, 1.165) is 0 Å². The van der Waals surface area contributed by atoms with E-state index >= 15 is 0 Å². The number of primary amides is 1. The second-order valence-corrected chi connectivity index (χ2v) is 8.33. The topological polar surface area (TPSA) is 135 Å². The molecule has 2 heterocycles. The number of urea groups is 1. The van der Waals surface area contributed by atoms with Crippen LogP contribution in [0.4, 0.5) is 4.79 Å². The Hall–Kier alpha value is -2.68. The minimum absolute atomic E-state index is 0.161. The summed E-state index contributed by atoms with van der Waals surface area (Å²) < 4.78 is 5.87. The fraction of sp³-hybridized carbons (Fsp3) is 0.600. The fourth-order valence-corrected chi connectivity index (χ4v) is 3.84. The number of hydrogen-bond donors (Lipinski definition) is 3. The number of nitrogens with one attached hydrogen (secondary N) is 1. The van der Waals surface area contributed by atoms with Gasteiger partial charge in [0.2, 0.25) is 5.88 Å². The first-order valence-corrected chi connectivity index (χ1v) is 9.93. The van der Waals surface area contributed by atoms with Gasteiger partial charge in [-0.05, 0) is 64.5 Å². The Balaban J connectivity index is 1.56. The summed E-state index contributed by atoms with van der Waals surface area (Å²) in [7, 11) is 0. The van der Waals surface area contributed by atoms with Crippen molar-refractivity contribution in [1.82, 2.24) is 15.2 Å². The molecule has 4 N–H and O–H groups in total. The van der Waals surface area contributed by atoms with Crippen molar-refractivity contribution in [3.63, 3.8) is 0 Å². The first kappa shape index (κ1) is 21.0. The molecule has 158 valence electrons. The van der Waals surface area contributed by atoms with Crippen LogP contribution in [0.25, 0.3) is 0 Å². The van der Waals surface area contributed by atoms with Crippen LogP contribution in [0.5, 0.6) is 5.88 Å². The number of aromatic nitrogens is 1. The molecule has 1 atom stereocenters. The van der Waals surface area contributed by atoms with Gasteiger partial charge in [0.25, 0.3) is 11.8 Å². The van der Waals surface area contributed by atoms with E-state index in [1.54, 1.807) is 26.0 Å². The summed E-state index contributed by atoms with van der Waals surface area (Å²) in [5.74, 6) is -0.618. The van der Waals surface area contributed by atoms with E-state index in [1.807, 2.05) is 0 Å². The molecule has 1 saturated carbocycles. The molecule has 0 bridgehead atoms. The van der Waals surface area contributed by atoms with Gasteiger partial charge in [-0.2, -0.15) is 0 Å². The monoisotopic (exact) mass is 404 g/mol. The average Bonchev–Trinajstić information content (AvgIpc) is 2.94. The molecule has 2 fully saturated rings. The van der Waals surface area contributed by atoms with Gasteiger partial charge in [-0.1, -0.05) is 0 Å². The number of nitrogens with two attached hydrogens (primary N) is 1. The highest BCUT2D eigenvalue weighted by atomic mass is 16.5. The smallest absolute Gasteiger partial charge is 0.325 e. The minimum Gasteiger partial charge on any atom is -0.474 e. The third-order valence-electron chi connectivity index (χ3n) is 5.42. The van der Waals surface area contributed by atoms with Crippen LogP contribution in [-0.2, 0) is 4.79 Å². The van der Waals surface area contributed by atoms with Gasteiger partial charge in [0.15, 0.2) is 0 Å². The van der Waals surface area contributed by atoms with Gasteiger partial charge in [-0.25, -0.2) is 9.78 Å². The van der Waals surface area contributed by atoms with Crippen molar-refractivity contribution in [2.24, 2.45) is 5.73 Å². The van der Waals surface area contributed by atoms with Crippen LogP contribution in [-0.4, -0.2) is 56.6 Å². The maximum atomic E-state index is 12.7. The standard InChI is InChI=1S/C20H28N4O5/c1-20(2,28)10-9-15-18(26)24(19(27)23-15)12-5-7-13(8-6-12)29-17-14(16(21)25)4-3-11-22-17/h3-4,11-13,15,28H,5-10H2,1-2H3,(H2,21,25)(H,23,27). The highest BCUT2D eigenvalue weighted by Gasteiger charge is 2.43. The number of aliphatic hydroxyl groups is 1. The van der Waals surface area contributed by atoms with Gasteiger partial charge in [0, 0.05) is 12.2 Å². The first-order valence-electron chi connectivity index (χ1n) is 9.93. The molecular formula is C20H28N4O5. The van der Waals surface area contributed by atoms with Crippen molar-refractivity contribution in [3.8, 4) is 5.88 Å². The maximum Gasteiger partial charge on any atom is 0.325 e. The lowest BCUT2D eigenvalue weighted by atomic mass is 9.91. The van der Waals surface area contributed by atoms with Gasteiger partial charge in [0.05, 0.1) is 5.60 Å². The lowest BCUT2D eigenvalue weighted by Gasteiger charge is -2.33. The van der Waals surface area contributed by atoms with E-state index in [2.05, 4.69) is 10.3 Å². The van der Waals surface area contributed by atoms with Gasteiger partial charge in [0.1, 0.15) is 17.7 Å². The molecule has 1 aliphatic heterocycles. The van der Waals surface area contributed by atoms with Crippen molar-refractivity contribution in [2.45, 2.75) is 76.2 Å². The normalized spacial score (nSPS) is 25.1. The molecule has 1 aliphatic carbocycles. The van der Waals surface area contributed by atoms with E-state index in [4.69, 9.17) is 10.5 Å². The van der Waals surface area contributed by atoms with Crippen LogP contribution >= 0.6 is 0 Å². The van der Waals surface area contributed by atoms with Gasteiger partial charge in [-0.3, -0.25) is 14.5 Å². The van der Waals surface area contributed by atoms with Crippen LogP contribution in [0.2, 0.25) is 0 Å². The molecule has 1 aromatic rings. The molecule has 1 aromatic heterocycles. The molecular weight excluding hydrogens is 376 g/mol. The molecule has 3 rings (SSSR count). The predicted octanol–water partition coefficient (Wildman–Crippen LogP) is 1.34. The molecule has 2 aliphatic rings. The van der Waals surface area contributed by atoms with E-state index < -0.39 is 17.6 Å². The Labute approximate surface area is 169 Å². The van der Waals surface area contributed by atoms with Gasteiger partial charge < -0.3 is 20.9 Å². The molecule has 4 amide bonds. The highest BCUT2D eigenvalue weighted by molar-refractivity contribution is 6.04. The number of ether oxygens (including phenoxy) is 1. The van der Waals surface area contributed by atoms with Crippen molar-refractivity contribution in [1.29, 1.82) is 0 Å². The number of nitrogens with zero attached hydrogens (tertiary/aromatic N) is 2. The van der Waals surface area contributed by atoms with Gasteiger partial charge >= 0.3 is 6.03 Å². The van der Waals surface area contributed by atoms with Crippen molar-refractivity contribution < 1.29 is 24.2 Å². The lowest BCUT2D eigenvalue weighted by molar-refractivity contribution is -0.130. The Morgan fingerprint density at radius 1 is 1.34 bits per heavy atom. The van der Waals surface area contributed by atoms with Crippen LogP contribution in [0.1, 0.15) is 62.7 Å². The summed E-state index contributed by atoms with van der Waals surface area (Å²) in [6, 6.07) is 2.04. The van der Waals surface area contributed by atoms with Crippen LogP contribution in [0, 0.1) is 0 Å². The number of imide groups is 1. The molecule has 29 heavy (non-hydrogen) atoms. The Morgan fingerprint density at radius 2 is 2.03 bits per heavy atom. The molecule has 0 radical (unpaired) electrons. The van der Waals surface area contributed by atoms with Crippen molar-refractivity contribution in [3.05, 3.63) is 23.9 Å². The number of rotatable bonds is 7. The van der Waals surface area contributed by atoms with Crippen LogP contribution < -0.4 is 15.8 Å². The largest absolute Gasteiger partial charge is 0.474 e. The highest BCUT2D eigenvalue weighted by Crippen LogP contribution is 2.30. The Bertz CT molecular complexity index is 783. The molecule has 0 spiro atoms. The van der Waals surface area contributed by atoms with Crippen molar-refractivity contribution in [2.75, 3.05) is 0 Å². The summed E-state index contributed by atoms with van der Waals surface area (Å²) in [5.41, 5.74) is 4.70. The molecule has 1 unspecified atom stereocenters. The number of amides is 4. The van der Waals surface area contributed by atoms with Crippen molar-refractivity contribution >= 4 is 17.8 Å². The van der Waals surface area contributed by atoms with E-state index in [0.29, 0.717) is 38.5 Å². The molecule has 9 heteroatoms. The first-order chi connectivity index (χ1) is 13.7. The summed E-state index contributed by atoms with van der Waals surface area (Å²) >= 11 is 0. The van der Waals surface area contributed by atoms with E-state index in [-0.39, 0.29) is 35.5 Å². The third kappa shape index (κ3) is 5.03. The lowest BCUT2D eigenvalue weighted by Crippen LogP contribution is -2.44. The number of carbonyl (C=O) groups excluding carboxylic acids is 3. The minimum atomic E-state index is -0.886. The molecule has 9 nitrogen and oxygen atoms in total. The zero-order chi connectivity index (χ0) is 21.2. The summed E-state index contributed by atoms with van der Waals surface area (Å²) in [5, 5.41) is 12.6. The number of carbonyl (C=O) groups is 3. The van der Waals surface area contributed by atoms with Crippen LogP contribution in [0.15, 0.2) is 18.3 Å². The van der Waals surface area contributed by atoms with Gasteiger partial charge in [-0.15, -0.1) is 0 Å². The second kappa shape index (κ2) is 8.36. The zero-order valence-corrected chi connectivity index (χ0v) is 16.8. The quantitative estimate of drug-likeness (QED) is 0.587. The maximum absolute atomic E-state index is 12.7. The number of hydrogen-bond acceptors (Lipinski definition) is 6. The average molecular weight is 404 g/mol. The second-order valence-electron chi connectivity index (χ2n) is 8.33. The summed E-state index contributed by atoms with van der Waals surface area (Å²) in [4.78, 5) is 42.0. The van der Waals surface area contributed by atoms with Crippen LogP contribution in [0.3, 0.4) is 0 Å². The Kier molecular flexibility index (Phi) is 6.07.